The van der Waals surface area contributed by atoms with Gasteiger partial charge in [0.2, 0.25) is 0 Å². The molecule has 144 valence electrons. The Morgan fingerprint density at radius 1 is 1.11 bits per heavy atom. The van der Waals surface area contributed by atoms with Gasteiger partial charge in [0, 0.05) is 17.3 Å². The fourth-order valence-electron chi connectivity index (χ4n) is 3.00. The number of rotatable bonds is 5. The van der Waals surface area contributed by atoms with Crippen LogP contribution in [0.15, 0.2) is 53.4 Å². The lowest BCUT2D eigenvalue weighted by atomic mass is 9.95. The predicted octanol–water partition coefficient (Wildman–Crippen LogP) is 2.35. The van der Waals surface area contributed by atoms with Crippen LogP contribution in [0.5, 0.6) is 0 Å². The summed E-state index contributed by atoms with van der Waals surface area (Å²) in [7, 11) is -3.82. The van der Waals surface area contributed by atoms with E-state index in [1.54, 1.807) is 0 Å². The van der Waals surface area contributed by atoms with Crippen LogP contribution in [0.4, 0.5) is 10.1 Å². The van der Waals surface area contributed by atoms with E-state index < -0.39 is 15.8 Å². The molecule has 0 saturated carbocycles. The Morgan fingerprint density at radius 2 is 1.78 bits per heavy atom. The van der Waals surface area contributed by atoms with Crippen LogP contribution in [0.2, 0.25) is 0 Å². The van der Waals surface area contributed by atoms with Crippen molar-refractivity contribution in [3.63, 3.8) is 0 Å². The van der Waals surface area contributed by atoms with E-state index in [1.165, 1.54) is 48.5 Å². The van der Waals surface area contributed by atoms with Crippen molar-refractivity contribution in [3.8, 4) is 0 Å². The molecular formula is C19H22FN3O3S. The molecule has 2 aromatic carbocycles. The number of halogens is 1. The highest BCUT2D eigenvalue weighted by molar-refractivity contribution is 7.92. The topological polar surface area (TPSA) is 87.3 Å². The van der Waals surface area contributed by atoms with Gasteiger partial charge in [-0.1, -0.05) is 6.92 Å². The van der Waals surface area contributed by atoms with Crippen molar-refractivity contribution in [3.05, 3.63) is 59.9 Å². The fraction of sp³-hybridized carbons (Fsp3) is 0.316. The van der Waals surface area contributed by atoms with Crippen LogP contribution in [-0.2, 0) is 10.0 Å². The van der Waals surface area contributed by atoms with Crippen LogP contribution in [0.1, 0.15) is 23.7 Å². The number of anilines is 1. The Morgan fingerprint density at radius 3 is 2.41 bits per heavy atom. The molecule has 1 saturated heterocycles. The molecule has 3 rings (SSSR count). The van der Waals surface area contributed by atoms with Crippen LogP contribution in [-0.4, -0.2) is 33.5 Å². The summed E-state index contributed by atoms with van der Waals surface area (Å²) in [5.41, 5.74) is 0.666. The van der Waals surface area contributed by atoms with Crippen LogP contribution in [0.3, 0.4) is 0 Å². The van der Waals surface area contributed by atoms with Crippen LogP contribution in [0.25, 0.3) is 0 Å². The minimum atomic E-state index is -3.82. The average molecular weight is 391 g/mol. The van der Waals surface area contributed by atoms with E-state index in [0.29, 0.717) is 11.5 Å². The molecule has 3 N–H and O–H groups in total. The molecule has 0 aliphatic carbocycles. The number of carbonyl (C=O) groups excluding carboxylic acids is 1. The van der Waals surface area contributed by atoms with E-state index >= 15 is 0 Å². The number of benzene rings is 2. The van der Waals surface area contributed by atoms with Gasteiger partial charge in [-0.2, -0.15) is 0 Å². The summed E-state index contributed by atoms with van der Waals surface area (Å²) >= 11 is 0. The lowest BCUT2D eigenvalue weighted by Crippen LogP contribution is -2.48. The van der Waals surface area contributed by atoms with Gasteiger partial charge in [0.1, 0.15) is 5.82 Å². The molecule has 1 aliphatic heterocycles. The molecule has 0 aromatic heterocycles. The fourth-order valence-corrected chi connectivity index (χ4v) is 4.06. The van der Waals surface area contributed by atoms with Crippen molar-refractivity contribution >= 4 is 21.6 Å². The lowest BCUT2D eigenvalue weighted by molar-refractivity contribution is 0.0914. The van der Waals surface area contributed by atoms with Gasteiger partial charge < -0.3 is 10.6 Å². The van der Waals surface area contributed by atoms with Crippen molar-refractivity contribution in [1.29, 1.82) is 0 Å². The zero-order valence-electron chi connectivity index (χ0n) is 14.9. The number of nitrogens with one attached hydrogen (secondary N) is 3. The van der Waals surface area contributed by atoms with Crippen molar-refractivity contribution in [2.24, 2.45) is 5.92 Å². The molecule has 1 heterocycles. The summed E-state index contributed by atoms with van der Waals surface area (Å²) in [6.07, 6.45) is 0.862. The molecule has 6 nitrogen and oxygen atoms in total. The smallest absolute Gasteiger partial charge is 0.261 e. The van der Waals surface area contributed by atoms with E-state index in [-0.39, 0.29) is 22.5 Å². The second kappa shape index (κ2) is 8.06. The van der Waals surface area contributed by atoms with Gasteiger partial charge in [0.15, 0.2) is 0 Å². The quantitative estimate of drug-likeness (QED) is 0.730. The van der Waals surface area contributed by atoms with Crippen molar-refractivity contribution in [2.75, 3.05) is 17.8 Å². The summed E-state index contributed by atoms with van der Waals surface area (Å²) in [6.45, 7) is 3.80. The molecule has 1 fully saturated rings. The Hall–Kier alpha value is -2.45. The van der Waals surface area contributed by atoms with E-state index in [0.717, 1.165) is 19.5 Å². The highest BCUT2D eigenvalue weighted by Crippen LogP contribution is 2.18. The summed E-state index contributed by atoms with van der Waals surface area (Å²) in [4.78, 5) is 12.4. The number of hydrogen-bond donors (Lipinski definition) is 3. The Balaban J connectivity index is 1.68. The van der Waals surface area contributed by atoms with Crippen molar-refractivity contribution < 1.29 is 17.6 Å². The first kappa shape index (κ1) is 19.3. The van der Waals surface area contributed by atoms with Gasteiger partial charge in [-0.25, -0.2) is 12.8 Å². The number of hydrogen-bond acceptors (Lipinski definition) is 4. The van der Waals surface area contributed by atoms with Crippen LogP contribution < -0.4 is 15.4 Å². The first-order chi connectivity index (χ1) is 12.8. The van der Waals surface area contributed by atoms with Crippen molar-refractivity contribution in [2.45, 2.75) is 24.3 Å². The lowest BCUT2D eigenvalue weighted by Gasteiger charge is -2.30. The molecule has 2 atom stereocenters. The van der Waals surface area contributed by atoms with Gasteiger partial charge in [-0.3, -0.25) is 9.52 Å². The highest BCUT2D eigenvalue weighted by Gasteiger charge is 2.23. The molecule has 0 radical (unpaired) electrons. The molecule has 2 aromatic rings. The summed E-state index contributed by atoms with van der Waals surface area (Å²) in [5, 5.41) is 6.29. The summed E-state index contributed by atoms with van der Waals surface area (Å²) in [5.74, 6) is -0.331. The van der Waals surface area contributed by atoms with Gasteiger partial charge in [0.25, 0.3) is 15.9 Å². The maximum absolute atomic E-state index is 12.9. The average Bonchev–Trinajstić information content (AvgIpc) is 2.65. The molecule has 1 aliphatic rings. The maximum atomic E-state index is 12.9. The molecule has 1 amide bonds. The Labute approximate surface area is 158 Å². The SMILES string of the molecule is CC1CNCCC1NC(=O)c1ccc(S(=O)(=O)Nc2ccc(F)cc2)cc1. The van der Waals surface area contributed by atoms with E-state index in [1.807, 2.05) is 0 Å². The molecule has 2 unspecified atom stereocenters. The minimum absolute atomic E-state index is 0.0265. The largest absolute Gasteiger partial charge is 0.349 e. The van der Waals surface area contributed by atoms with Gasteiger partial charge in [-0.15, -0.1) is 0 Å². The van der Waals surface area contributed by atoms with Gasteiger partial charge in [0.05, 0.1) is 4.90 Å². The second-order valence-corrected chi connectivity index (χ2v) is 8.37. The molecule has 0 spiro atoms. The number of piperidine rings is 1. The minimum Gasteiger partial charge on any atom is -0.349 e. The number of carbonyl (C=O) groups is 1. The molecule has 8 heteroatoms. The van der Waals surface area contributed by atoms with Crippen LogP contribution >= 0.6 is 0 Å². The first-order valence-electron chi connectivity index (χ1n) is 8.75. The standard InChI is InChI=1S/C19H22FN3O3S/c1-13-12-21-11-10-18(13)22-19(24)14-2-8-17(9-3-14)27(25,26)23-16-6-4-15(20)5-7-16/h2-9,13,18,21,23H,10-12H2,1H3,(H,22,24). The third kappa shape index (κ3) is 4.84. The normalized spacial score (nSPS) is 20.1. The summed E-state index contributed by atoms with van der Waals surface area (Å²) < 4.78 is 40.1. The van der Waals surface area contributed by atoms with Gasteiger partial charge >= 0.3 is 0 Å². The van der Waals surface area contributed by atoms with E-state index in [9.17, 15) is 17.6 Å². The first-order valence-corrected chi connectivity index (χ1v) is 10.2. The predicted molar refractivity (Wildman–Crippen MR) is 102 cm³/mol. The van der Waals surface area contributed by atoms with Crippen LogP contribution in [0, 0.1) is 11.7 Å². The third-order valence-electron chi connectivity index (χ3n) is 4.63. The molecule has 0 bridgehead atoms. The third-order valence-corrected chi connectivity index (χ3v) is 6.02. The molecular weight excluding hydrogens is 369 g/mol. The zero-order chi connectivity index (χ0) is 19.4. The Bertz CT molecular complexity index is 899. The van der Waals surface area contributed by atoms with Gasteiger partial charge in [-0.05, 0) is 74.0 Å². The maximum Gasteiger partial charge on any atom is 0.261 e. The van der Waals surface area contributed by atoms with E-state index in [2.05, 4.69) is 22.3 Å². The Kier molecular flexibility index (Phi) is 5.76. The number of sulfonamides is 1. The summed E-state index contributed by atoms with van der Waals surface area (Å²) in [6, 6.07) is 10.9. The van der Waals surface area contributed by atoms with Crippen molar-refractivity contribution in [1.82, 2.24) is 10.6 Å². The van der Waals surface area contributed by atoms with E-state index in [4.69, 9.17) is 0 Å². The second-order valence-electron chi connectivity index (χ2n) is 6.69. The number of amides is 1. The monoisotopic (exact) mass is 391 g/mol. The molecule has 27 heavy (non-hydrogen) atoms. The zero-order valence-corrected chi connectivity index (χ0v) is 15.7. The highest BCUT2D eigenvalue weighted by atomic mass is 32.2.